The number of para-hydroxylation sites is 1. The standard InChI is InChI=1S/C29H29N3O7/c1-19(33)39-25-15-9-8-14-22(25)27(36)31-24(17-21-12-6-3-7-13-21)29(38)32-23(28(37)30-18-26(34)35)16-20-10-4-2-5-11-20/h2-15,23-24H,16-18H2,1H3,(H,30,37)(H,31,36)(H,32,38)(H,34,35)/t23-,24-/m0/s1. The molecule has 0 saturated carbocycles. The topological polar surface area (TPSA) is 151 Å². The minimum absolute atomic E-state index is 0.0383. The Balaban J connectivity index is 1.86. The van der Waals surface area contributed by atoms with Crippen LogP contribution in [-0.4, -0.2) is 53.4 Å². The van der Waals surface area contributed by atoms with Crippen LogP contribution in [0.2, 0.25) is 0 Å². The van der Waals surface area contributed by atoms with Gasteiger partial charge >= 0.3 is 11.9 Å². The molecule has 0 unspecified atom stereocenters. The monoisotopic (exact) mass is 531 g/mol. The summed E-state index contributed by atoms with van der Waals surface area (Å²) in [7, 11) is 0. The summed E-state index contributed by atoms with van der Waals surface area (Å²) in [4.78, 5) is 62.0. The third-order valence-corrected chi connectivity index (χ3v) is 5.62. The lowest BCUT2D eigenvalue weighted by Gasteiger charge is -2.23. The second-order valence-electron chi connectivity index (χ2n) is 8.67. The van der Waals surface area contributed by atoms with Gasteiger partial charge in [0.2, 0.25) is 11.8 Å². The van der Waals surface area contributed by atoms with Crippen LogP contribution in [0.25, 0.3) is 0 Å². The fourth-order valence-corrected chi connectivity index (χ4v) is 3.81. The summed E-state index contributed by atoms with van der Waals surface area (Å²) in [5, 5.41) is 16.6. The number of carboxylic acids is 1. The number of carbonyl (C=O) groups is 5. The van der Waals surface area contributed by atoms with Gasteiger partial charge in [0.1, 0.15) is 24.4 Å². The molecule has 39 heavy (non-hydrogen) atoms. The van der Waals surface area contributed by atoms with E-state index in [0.717, 1.165) is 11.1 Å². The molecule has 202 valence electrons. The van der Waals surface area contributed by atoms with Crippen molar-refractivity contribution in [3.05, 3.63) is 102 Å². The molecule has 0 aliphatic carbocycles. The zero-order valence-electron chi connectivity index (χ0n) is 21.3. The molecule has 3 aromatic rings. The first-order valence-electron chi connectivity index (χ1n) is 12.2. The molecule has 0 bridgehead atoms. The van der Waals surface area contributed by atoms with Crippen molar-refractivity contribution in [1.82, 2.24) is 16.0 Å². The maximum atomic E-state index is 13.5. The number of esters is 1. The first-order valence-corrected chi connectivity index (χ1v) is 12.2. The van der Waals surface area contributed by atoms with E-state index in [2.05, 4.69) is 16.0 Å². The molecule has 0 spiro atoms. The van der Waals surface area contributed by atoms with Crippen LogP contribution in [0.1, 0.15) is 28.4 Å². The number of hydrogen-bond donors (Lipinski definition) is 4. The normalized spacial score (nSPS) is 11.9. The maximum Gasteiger partial charge on any atom is 0.322 e. The largest absolute Gasteiger partial charge is 0.480 e. The van der Waals surface area contributed by atoms with Crippen LogP contribution in [0.5, 0.6) is 5.75 Å². The van der Waals surface area contributed by atoms with Gasteiger partial charge in [-0.15, -0.1) is 0 Å². The quantitative estimate of drug-likeness (QED) is 0.206. The Hall–Kier alpha value is -4.99. The first-order chi connectivity index (χ1) is 18.7. The highest BCUT2D eigenvalue weighted by atomic mass is 16.5. The van der Waals surface area contributed by atoms with Gasteiger partial charge in [0, 0.05) is 19.8 Å². The molecule has 3 rings (SSSR count). The van der Waals surface area contributed by atoms with Crippen LogP contribution in [0.3, 0.4) is 0 Å². The average Bonchev–Trinajstić information content (AvgIpc) is 2.92. The molecule has 0 aliphatic heterocycles. The van der Waals surface area contributed by atoms with Crippen LogP contribution < -0.4 is 20.7 Å². The van der Waals surface area contributed by atoms with Crippen molar-refractivity contribution in [2.45, 2.75) is 31.8 Å². The van der Waals surface area contributed by atoms with Crippen molar-refractivity contribution >= 4 is 29.7 Å². The van der Waals surface area contributed by atoms with Crippen molar-refractivity contribution in [3.63, 3.8) is 0 Å². The van der Waals surface area contributed by atoms with Crippen molar-refractivity contribution in [2.75, 3.05) is 6.54 Å². The van der Waals surface area contributed by atoms with E-state index in [1.165, 1.54) is 19.1 Å². The molecule has 10 heteroatoms. The molecule has 2 atom stereocenters. The van der Waals surface area contributed by atoms with E-state index in [9.17, 15) is 24.0 Å². The van der Waals surface area contributed by atoms with E-state index in [1.807, 2.05) is 6.07 Å². The van der Waals surface area contributed by atoms with E-state index in [4.69, 9.17) is 9.84 Å². The molecule has 3 amide bonds. The summed E-state index contributed by atoms with van der Waals surface area (Å²) < 4.78 is 5.13. The second kappa shape index (κ2) is 14.1. The highest BCUT2D eigenvalue weighted by Gasteiger charge is 2.28. The predicted molar refractivity (Wildman–Crippen MR) is 142 cm³/mol. The van der Waals surface area contributed by atoms with Crippen molar-refractivity contribution < 1.29 is 33.8 Å². The fourth-order valence-electron chi connectivity index (χ4n) is 3.81. The molecule has 3 aromatic carbocycles. The molecule has 0 aromatic heterocycles. The third-order valence-electron chi connectivity index (χ3n) is 5.62. The summed E-state index contributed by atoms with van der Waals surface area (Å²) >= 11 is 0. The SMILES string of the molecule is CC(=O)Oc1ccccc1C(=O)N[C@@H](Cc1ccccc1)C(=O)N[C@@H](Cc1ccccc1)C(=O)NCC(=O)O. The Bertz CT molecular complexity index is 1310. The summed E-state index contributed by atoms with van der Waals surface area (Å²) in [6.07, 6.45) is 0.197. The Morgan fingerprint density at radius 3 is 1.77 bits per heavy atom. The van der Waals surface area contributed by atoms with Gasteiger partial charge in [-0.2, -0.15) is 0 Å². The van der Waals surface area contributed by atoms with Gasteiger partial charge in [0.15, 0.2) is 0 Å². The molecule has 0 aliphatic rings. The Morgan fingerprint density at radius 1 is 0.718 bits per heavy atom. The van der Waals surface area contributed by atoms with Gasteiger partial charge in [-0.3, -0.25) is 24.0 Å². The molecule has 0 heterocycles. The van der Waals surface area contributed by atoms with Gasteiger partial charge in [0.25, 0.3) is 5.91 Å². The van der Waals surface area contributed by atoms with Gasteiger partial charge in [-0.1, -0.05) is 72.8 Å². The minimum Gasteiger partial charge on any atom is -0.480 e. The molecule has 4 N–H and O–H groups in total. The number of amides is 3. The summed E-state index contributed by atoms with van der Waals surface area (Å²) in [6, 6.07) is 21.8. The Kier molecular flexibility index (Phi) is 10.3. The lowest BCUT2D eigenvalue weighted by atomic mass is 10.0. The van der Waals surface area contributed by atoms with Gasteiger partial charge in [-0.05, 0) is 23.3 Å². The second-order valence-corrected chi connectivity index (χ2v) is 8.67. The number of carboxylic acid groups (broad SMARTS) is 1. The van der Waals surface area contributed by atoms with Crippen LogP contribution in [0.4, 0.5) is 0 Å². The fraction of sp³-hybridized carbons (Fsp3) is 0.207. The number of carbonyl (C=O) groups excluding carboxylic acids is 4. The third kappa shape index (κ3) is 9.12. The molecule has 10 nitrogen and oxygen atoms in total. The van der Waals surface area contributed by atoms with E-state index < -0.39 is 48.3 Å². The van der Waals surface area contributed by atoms with Crippen LogP contribution in [-0.2, 0) is 32.0 Å². The smallest absolute Gasteiger partial charge is 0.322 e. The van der Waals surface area contributed by atoms with Gasteiger partial charge < -0.3 is 25.8 Å². The predicted octanol–water partition coefficient (Wildman–Crippen LogP) is 1.88. The summed E-state index contributed by atoms with van der Waals surface area (Å²) in [5.74, 6) is -3.78. The number of rotatable bonds is 12. The number of hydrogen-bond acceptors (Lipinski definition) is 6. The zero-order chi connectivity index (χ0) is 28.2. The lowest BCUT2D eigenvalue weighted by Crippen LogP contribution is -2.55. The number of aliphatic carboxylic acids is 1. The highest BCUT2D eigenvalue weighted by molar-refractivity contribution is 6.01. The Morgan fingerprint density at radius 2 is 1.23 bits per heavy atom. The van der Waals surface area contributed by atoms with E-state index >= 15 is 0 Å². The Labute approximate surface area is 225 Å². The van der Waals surface area contributed by atoms with Gasteiger partial charge in [-0.25, -0.2) is 0 Å². The number of nitrogens with one attached hydrogen (secondary N) is 3. The molecular weight excluding hydrogens is 502 g/mol. The van der Waals surface area contributed by atoms with Crippen LogP contribution >= 0.6 is 0 Å². The van der Waals surface area contributed by atoms with Crippen molar-refractivity contribution in [3.8, 4) is 5.75 Å². The molecule has 0 fully saturated rings. The van der Waals surface area contributed by atoms with E-state index in [1.54, 1.807) is 66.7 Å². The van der Waals surface area contributed by atoms with Crippen LogP contribution in [0.15, 0.2) is 84.9 Å². The van der Waals surface area contributed by atoms with Crippen molar-refractivity contribution in [2.24, 2.45) is 0 Å². The lowest BCUT2D eigenvalue weighted by molar-refractivity contribution is -0.138. The number of benzene rings is 3. The molecular formula is C29H29N3O7. The average molecular weight is 532 g/mol. The van der Waals surface area contributed by atoms with E-state index in [-0.39, 0.29) is 24.2 Å². The summed E-state index contributed by atoms with van der Waals surface area (Å²) in [5.41, 5.74) is 1.55. The highest BCUT2D eigenvalue weighted by Crippen LogP contribution is 2.18. The van der Waals surface area contributed by atoms with Crippen molar-refractivity contribution in [1.29, 1.82) is 0 Å². The molecule has 0 radical (unpaired) electrons. The number of ether oxygens (including phenoxy) is 1. The minimum atomic E-state index is -1.23. The first kappa shape index (κ1) is 28.6. The van der Waals surface area contributed by atoms with E-state index in [0.29, 0.717) is 0 Å². The van der Waals surface area contributed by atoms with Crippen LogP contribution in [0, 0.1) is 0 Å². The zero-order valence-corrected chi connectivity index (χ0v) is 21.3. The maximum absolute atomic E-state index is 13.5. The molecule has 0 saturated heterocycles. The summed E-state index contributed by atoms with van der Waals surface area (Å²) in [6.45, 7) is 0.597. The van der Waals surface area contributed by atoms with Gasteiger partial charge in [0.05, 0.1) is 5.56 Å².